The van der Waals surface area contributed by atoms with Crippen LogP contribution in [0.15, 0.2) is 30.3 Å². The van der Waals surface area contributed by atoms with Gasteiger partial charge in [-0.15, -0.1) is 0 Å². The zero-order chi connectivity index (χ0) is 14.6. The molecule has 0 bridgehead atoms. The van der Waals surface area contributed by atoms with E-state index < -0.39 is 12.2 Å². The highest BCUT2D eigenvalue weighted by Crippen LogP contribution is 2.37. The molecule has 2 unspecified atom stereocenters. The molecule has 20 heavy (non-hydrogen) atoms. The largest absolute Gasteiger partial charge is 0.408 e. The highest BCUT2D eigenvalue weighted by molar-refractivity contribution is 5.20. The van der Waals surface area contributed by atoms with Gasteiger partial charge in [-0.05, 0) is 32.0 Å². The number of nitrogens with zero attached hydrogens (tertiary/aromatic N) is 1. The van der Waals surface area contributed by atoms with Crippen molar-refractivity contribution in [3.63, 3.8) is 0 Å². The van der Waals surface area contributed by atoms with Gasteiger partial charge in [0.2, 0.25) is 0 Å². The molecule has 0 spiro atoms. The van der Waals surface area contributed by atoms with E-state index >= 15 is 0 Å². The molecule has 1 N–H and O–H groups in total. The summed E-state index contributed by atoms with van der Waals surface area (Å²) < 4.78 is 40.0. The number of nitrogens with one attached hydrogen (secondary N) is 1. The molecule has 0 amide bonds. The SMILES string of the molecule is CN(CC1CCCCN1)C(c1ccccc1)C(F)(F)F. The molecular weight excluding hydrogens is 265 g/mol. The van der Waals surface area contributed by atoms with E-state index in [2.05, 4.69) is 5.32 Å². The third-order valence-electron chi connectivity index (χ3n) is 3.79. The first-order valence-corrected chi connectivity index (χ1v) is 7.04. The quantitative estimate of drug-likeness (QED) is 0.913. The van der Waals surface area contributed by atoms with Crippen molar-refractivity contribution in [2.75, 3.05) is 20.1 Å². The fourth-order valence-electron chi connectivity index (χ4n) is 2.86. The minimum absolute atomic E-state index is 0.155. The summed E-state index contributed by atoms with van der Waals surface area (Å²) in [5.74, 6) is 0. The molecule has 1 aliphatic rings. The minimum Gasteiger partial charge on any atom is -0.313 e. The van der Waals surface area contributed by atoms with Gasteiger partial charge in [0, 0.05) is 12.6 Å². The number of likely N-dealkylation sites (N-methyl/N-ethyl adjacent to an activating group) is 1. The molecule has 1 aromatic rings. The lowest BCUT2D eigenvalue weighted by Crippen LogP contribution is -2.46. The van der Waals surface area contributed by atoms with Gasteiger partial charge < -0.3 is 5.32 Å². The van der Waals surface area contributed by atoms with E-state index in [1.165, 1.54) is 4.90 Å². The summed E-state index contributed by atoms with van der Waals surface area (Å²) in [6.07, 6.45) is -1.11. The zero-order valence-corrected chi connectivity index (χ0v) is 11.7. The summed E-state index contributed by atoms with van der Waals surface area (Å²) in [6, 6.07) is 6.75. The third-order valence-corrected chi connectivity index (χ3v) is 3.79. The van der Waals surface area contributed by atoms with Crippen molar-refractivity contribution in [1.82, 2.24) is 10.2 Å². The molecule has 2 atom stereocenters. The van der Waals surface area contributed by atoms with Crippen molar-refractivity contribution < 1.29 is 13.2 Å². The Morgan fingerprint density at radius 2 is 1.95 bits per heavy atom. The minimum atomic E-state index is -4.26. The van der Waals surface area contributed by atoms with Crippen molar-refractivity contribution in [1.29, 1.82) is 0 Å². The van der Waals surface area contributed by atoms with Crippen LogP contribution in [0.2, 0.25) is 0 Å². The number of rotatable bonds is 4. The van der Waals surface area contributed by atoms with Gasteiger partial charge in [0.15, 0.2) is 0 Å². The van der Waals surface area contributed by atoms with Crippen LogP contribution in [0.3, 0.4) is 0 Å². The first-order chi connectivity index (χ1) is 9.48. The number of hydrogen-bond donors (Lipinski definition) is 1. The number of halogens is 3. The summed E-state index contributed by atoms with van der Waals surface area (Å²) in [5.41, 5.74) is 0.304. The molecule has 1 fully saturated rings. The van der Waals surface area contributed by atoms with Gasteiger partial charge in [-0.3, -0.25) is 4.90 Å². The van der Waals surface area contributed by atoms with Crippen LogP contribution in [-0.2, 0) is 0 Å². The molecule has 1 saturated heterocycles. The van der Waals surface area contributed by atoms with Crippen LogP contribution in [0.5, 0.6) is 0 Å². The Morgan fingerprint density at radius 1 is 1.25 bits per heavy atom. The van der Waals surface area contributed by atoms with Gasteiger partial charge >= 0.3 is 6.18 Å². The lowest BCUT2D eigenvalue weighted by Gasteiger charge is -2.34. The van der Waals surface area contributed by atoms with Crippen LogP contribution in [0.4, 0.5) is 13.2 Å². The summed E-state index contributed by atoms with van der Waals surface area (Å²) in [6.45, 7) is 1.32. The topological polar surface area (TPSA) is 15.3 Å². The number of alkyl halides is 3. The van der Waals surface area contributed by atoms with Crippen LogP contribution in [0.1, 0.15) is 30.9 Å². The maximum atomic E-state index is 13.3. The Bertz CT molecular complexity index is 399. The molecule has 1 aromatic carbocycles. The van der Waals surface area contributed by atoms with E-state index in [-0.39, 0.29) is 6.04 Å². The lowest BCUT2D eigenvalue weighted by atomic mass is 10.0. The number of piperidine rings is 1. The molecule has 2 rings (SSSR count). The fraction of sp³-hybridized carbons (Fsp3) is 0.600. The second kappa shape index (κ2) is 6.59. The van der Waals surface area contributed by atoms with Crippen LogP contribution >= 0.6 is 0 Å². The second-order valence-corrected chi connectivity index (χ2v) is 5.44. The third kappa shape index (κ3) is 3.96. The van der Waals surface area contributed by atoms with E-state index in [4.69, 9.17) is 0 Å². The molecule has 0 aromatic heterocycles. The molecule has 112 valence electrons. The first-order valence-electron chi connectivity index (χ1n) is 7.04. The summed E-state index contributed by atoms with van der Waals surface area (Å²) >= 11 is 0. The van der Waals surface area contributed by atoms with E-state index in [1.54, 1.807) is 37.4 Å². The molecular formula is C15H21F3N2. The number of hydrogen-bond acceptors (Lipinski definition) is 2. The predicted octanol–water partition coefficient (Wildman–Crippen LogP) is 3.36. The van der Waals surface area contributed by atoms with E-state index in [9.17, 15) is 13.2 Å². The molecule has 5 heteroatoms. The fourth-order valence-corrected chi connectivity index (χ4v) is 2.86. The van der Waals surface area contributed by atoms with Gasteiger partial charge in [0.05, 0.1) is 0 Å². The predicted molar refractivity (Wildman–Crippen MR) is 73.5 cm³/mol. The number of benzene rings is 1. The van der Waals surface area contributed by atoms with Crippen LogP contribution in [0.25, 0.3) is 0 Å². The highest BCUT2D eigenvalue weighted by atomic mass is 19.4. The monoisotopic (exact) mass is 286 g/mol. The van der Waals surface area contributed by atoms with Crippen molar-refractivity contribution in [3.05, 3.63) is 35.9 Å². The van der Waals surface area contributed by atoms with E-state index in [1.807, 2.05) is 0 Å². The molecule has 0 radical (unpaired) electrons. The average Bonchev–Trinajstić information content (AvgIpc) is 2.39. The molecule has 0 saturated carbocycles. The summed E-state index contributed by atoms with van der Waals surface area (Å²) in [7, 11) is 1.56. The maximum absolute atomic E-state index is 13.3. The van der Waals surface area contributed by atoms with Gasteiger partial charge in [-0.1, -0.05) is 36.8 Å². The standard InChI is InChI=1S/C15H21F3N2/c1-20(11-13-9-5-6-10-19-13)14(15(16,17)18)12-7-3-2-4-8-12/h2-4,7-8,13-14,19H,5-6,9-11H2,1H3. The average molecular weight is 286 g/mol. The van der Waals surface area contributed by atoms with Crippen molar-refractivity contribution in [2.45, 2.75) is 37.5 Å². The summed E-state index contributed by atoms with van der Waals surface area (Å²) in [5, 5.41) is 3.30. The molecule has 0 aliphatic carbocycles. The zero-order valence-electron chi connectivity index (χ0n) is 11.7. The molecule has 1 heterocycles. The van der Waals surface area contributed by atoms with Gasteiger partial charge in [0.1, 0.15) is 6.04 Å². The Morgan fingerprint density at radius 3 is 2.50 bits per heavy atom. The maximum Gasteiger partial charge on any atom is 0.408 e. The van der Waals surface area contributed by atoms with Gasteiger partial charge in [-0.25, -0.2) is 0 Å². The van der Waals surface area contributed by atoms with E-state index in [0.717, 1.165) is 25.8 Å². The molecule has 2 nitrogen and oxygen atoms in total. The Labute approximate surface area is 118 Å². The lowest BCUT2D eigenvalue weighted by molar-refractivity contribution is -0.183. The van der Waals surface area contributed by atoms with Crippen molar-refractivity contribution in [2.24, 2.45) is 0 Å². The Hall–Kier alpha value is -1.07. The normalized spacial score (nSPS) is 21.9. The van der Waals surface area contributed by atoms with Crippen molar-refractivity contribution >= 4 is 0 Å². The molecule has 1 aliphatic heterocycles. The van der Waals surface area contributed by atoms with E-state index in [0.29, 0.717) is 12.1 Å². The Kier molecular flexibility index (Phi) is 5.05. The van der Waals surface area contributed by atoms with Crippen LogP contribution < -0.4 is 5.32 Å². The van der Waals surface area contributed by atoms with Crippen LogP contribution in [0, 0.1) is 0 Å². The van der Waals surface area contributed by atoms with Gasteiger partial charge in [0.25, 0.3) is 0 Å². The second-order valence-electron chi connectivity index (χ2n) is 5.44. The van der Waals surface area contributed by atoms with Gasteiger partial charge in [-0.2, -0.15) is 13.2 Å². The van der Waals surface area contributed by atoms with Crippen molar-refractivity contribution in [3.8, 4) is 0 Å². The highest BCUT2D eigenvalue weighted by Gasteiger charge is 2.43. The smallest absolute Gasteiger partial charge is 0.313 e. The van der Waals surface area contributed by atoms with Crippen LogP contribution in [-0.4, -0.2) is 37.3 Å². The summed E-state index contributed by atoms with van der Waals surface area (Å²) in [4.78, 5) is 1.42. The first kappa shape index (κ1) is 15.3. The Balaban J connectivity index is 2.10.